The number of aromatic amines is 1. The van der Waals surface area contributed by atoms with Gasteiger partial charge in [0.15, 0.2) is 0 Å². The van der Waals surface area contributed by atoms with Crippen LogP contribution in [0.4, 0.5) is 4.79 Å². The van der Waals surface area contributed by atoms with Crippen LogP contribution in [0.1, 0.15) is 131 Å². The summed E-state index contributed by atoms with van der Waals surface area (Å²) in [5.74, 6) is 4.22. The highest BCUT2D eigenvalue weighted by Gasteiger charge is 2.67. The number of rotatable bonds is 13. The number of H-pyrrole nitrogens is 1. The van der Waals surface area contributed by atoms with Crippen molar-refractivity contribution in [1.82, 2.24) is 15.3 Å². The maximum absolute atomic E-state index is 12.9. The van der Waals surface area contributed by atoms with E-state index in [4.69, 9.17) is 9.47 Å². The van der Waals surface area contributed by atoms with E-state index in [-0.39, 0.29) is 17.6 Å². The highest BCUT2D eigenvalue weighted by atomic mass is 16.7. The largest absolute Gasteiger partial charge is 0.508 e. The predicted molar refractivity (Wildman–Crippen MR) is 175 cm³/mol. The number of nitrogens with zero attached hydrogens (tertiary/aromatic N) is 1. The Hall–Kier alpha value is -1.60. The molecule has 10 atom stereocenters. The van der Waals surface area contributed by atoms with Crippen molar-refractivity contribution in [3.63, 3.8) is 0 Å². The number of hydrogen-bond acceptors (Lipinski definition) is 6. The Bertz CT molecular complexity index is 1060. The van der Waals surface area contributed by atoms with E-state index in [1.165, 1.54) is 44.9 Å². The van der Waals surface area contributed by atoms with Crippen LogP contribution in [0.5, 0.6) is 0 Å². The van der Waals surface area contributed by atoms with Gasteiger partial charge in [-0.2, -0.15) is 0 Å². The summed E-state index contributed by atoms with van der Waals surface area (Å²) < 4.78 is 11.2. The molecule has 7 nitrogen and oxygen atoms in total. The Kier molecular flexibility index (Phi) is 10.8. The summed E-state index contributed by atoms with van der Waals surface area (Å²) >= 11 is 0. The van der Waals surface area contributed by atoms with Crippen molar-refractivity contribution < 1.29 is 19.4 Å². The standard InChI is InChI=1S/C37H63N3O4/c1-7-8-20-43-34(41)44-28-14-18-36(6)32-15-17-35(5)30(26(4)11-9-10-25(2)3)12-13-31(35)29(32)21-33(37(36,42)22-28)39-19-16-27-23-38-24-40-27/h23-26,28-33,39,42H,7-22H2,1-6H3,(H,38,40)/t26-,28+,29+,30-,31+,32+,33-,35-,36-,37+/m1/s1. The van der Waals surface area contributed by atoms with Crippen molar-refractivity contribution in [2.75, 3.05) is 13.2 Å². The zero-order valence-electron chi connectivity index (χ0n) is 28.7. The predicted octanol–water partition coefficient (Wildman–Crippen LogP) is 8.08. The summed E-state index contributed by atoms with van der Waals surface area (Å²) in [6.45, 7) is 15.5. The zero-order chi connectivity index (χ0) is 31.5. The zero-order valence-corrected chi connectivity index (χ0v) is 28.7. The first-order valence-corrected chi connectivity index (χ1v) is 18.3. The molecule has 0 unspecified atom stereocenters. The second-order valence-corrected chi connectivity index (χ2v) is 16.3. The van der Waals surface area contributed by atoms with Gasteiger partial charge in [0.25, 0.3) is 0 Å². The molecule has 1 aromatic rings. The van der Waals surface area contributed by atoms with Gasteiger partial charge in [0.2, 0.25) is 0 Å². The molecule has 0 aromatic carbocycles. The molecular weight excluding hydrogens is 550 g/mol. The lowest BCUT2D eigenvalue weighted by atomic mass is 9.42. The molecule has 1 heterocycles. The van der Waals surface area contributed by atoms with E-state index in [1.54, 1.807) is 6.33 Å². The van der Waals surface area contributed by atoms with Crippen molar-refractivity contribution in [1.29, 1.82) is 0 Å². The fraction of sp³-hybridized carbons (Fsp3) is 0.892. The molecule has 4 aliphatic carbocycles. The summed E-state index contributed by atoms with van der Waals surface area (Å²) in [5.41, 5.74) is 0.351. The Morgan fingerprint density at radius 1 is 1.11 bits per heavy atom. The second-order valence-electron chi connectivity index (χ2n) is 16.3. The summed E-state index contributed by atoms with van der Waals surface area (Å²) in [7, 11) is 0. The first kappa shape index (κ1) is 33.8. The number of aliphatic hydroxyl groups is 1. The molecule has 0 amide bonds. The number of ether oxygens (including phenoxy) is 2. The average molecular weight is 614 g/mol. The van der Waals surface area contributed by atoms with Gasteiger partial charge in [0.1, 0.15) is 6.10 Å². The van der Waals surface area contributed by atoms with Gasteiger partial charge in [-0.25, -0.2) is 9.78 Å². The molecule has 3 N–H and O–H groups in total. The number of aromatic nitrogens is 2. The molecule has 0 spiro atoms. The molecule has 0 aliphatic heterocycles. The molecule has 7 heteroatoms. The van der Waals surface area contributed by atoms with Crippen molar-refractivity contribution in [3.8, 4) is 0 Å². The highest BCUT2D eigenvalue weighted by Crippen LogP contribution is 2.69. The first-order chi connectivity index (χ1) is 21.0. The number of fused-ring (bicyclic) bond motifs is 5. The number of hydrogen-bond donors (Lipinski definition) is 3. The van der Waals surface area contributed by atoms with Crippen LogP contribution < -0.4 is 5.32 Å². The minimum atomic E-state index is -0.940. The third kappa shape index (κ3) is 6.61. The third-order valence-electron chi connectivity index (χ3n) is 13.4. The van der Waals surface area contributed by atoms with Crippen molar-refractivity contribution in [2.24, 2.45) is 46.3 Å². The van der Waals surface area contributed by atoms with Gasteiger partial charge in [0.05, 0.1) is 18.5 Å². The van der Waals surface area contributed by atoms with E-state index >= 15 is 0 Å². The quantitative estimate of drug-likeness (QED) is 0.154. The van der Waals surface area contributed by atoms with Gasteiger partial charge in [-0.3, -0.25) is 0 Å². The van der Waals surface area contributed by atoms with Crippen LogP contribution in [-0.4, -0.2) is 52.1 Å². The topological polar surface area (TPSA) is 96.5 Å². The Labute approximate surface area is 267 Å². The van der Waals surface area contributed by atoms with Crippen molar-refractivity contribution in [2.45, 2.75) is 149 Å². The lowest BCUT2D eigenvalue weighted by Crippen LogP contribution is -2.71. The van der Waals surface area contributed by atoms with Crippen LogP contribution in [0.3, 0.4) is 0 Å². The number of carbonyl (C=O) groups excluding carboxylic acids is 1. The maximum Gasteiger partial charge on any atom is 0.508 e. The molecule has 4 saturated carbocycles. The lowest BCUT2D eigenvalue weighted by molar-refractivity contribution is -0.235. The number of unbranched alkanes of at least 4 members (excludes halogenated alkanes) is 1. The number of imidazole rings is 1. The average Bonchev–Trinajstić information content (AvgIpc) is 3.61. The minimum Gasteiger partial charge on any atom is -0.434 e. The van der Waals surface area contributed by atoms with Gasteiger partial charge in [-0.15, -0.1) is 0 Å². The summed E-state index contributed by atoms with van der Waals surface area (Å²) in [5, 5.41) is 16.7. The molecule has 0 saturated heterocycles. The maximum atomic E-state index is 12.9. The summed E-state index contributed by atoms with van der Waals surface area (Å²) in [6, 6.07) is -0.0379. The van der Waals surface area contributed by atoms with Crippen LogP contribution in [0.2, 0.25) is 0 Å². The Balaban J connectivity index is 1.34. The molecule has 4 aliphatic rings. The Morgan fingerprint density at radius 2 is 1.93 bits per heavy atom. The van der Waals surface area contributed by atoms with E-state index in [1.807, 2.05) is 6.20 Å². The summed E-state index contributed by atoms with van der Waals surface area (Å²) in [4.78, 5) is 20.0. The van der Waals surface area contributed by atoms with Gasteiger partial charge >= 0.3 is 6.16 Å². The molecule has 4 fully saturated rings. The van der Waals surface area contributed by atoms with E-state index in [0.29, 0.717) is 30.3 Å². The minimum absolute atomic E-state index is 0.0379. The van der Waals surface area contributed by atoms with Gasteiger partial charge in [-0.05, 0) is 92.3 Å². The molecule has 0 bridgehead atoms. The molecule has 5 rings (SSSR count). The van der Waals surface area contributed by atoms with Crippen LogP contribution in [-0.2, 0) is 15.9 Å². The van der Waals surface area contributed by atoms with Crippen LogP contribution in [0.15, 0.2) is 12.5 Å². The summed E-state index contributed by atoms with van der Waals surface area (Å²) in [6.07, 6.45) is 17.8. The first-order valence-electron chi connectivity index (χ1n) is 18.3. The van der Waals surface area contributed by atoms with Gasteiger partial charge in [-0.1, -0.05) is 67.2 Å². The Morgan fingerprint density at radius 3 is 2.66 bits per heavy atom. The lowest BCUT2D eigenvalue weighted by Gasteiger charge is -2.66. The van der Waals surface area contributed by atoms with Gasteiger partial charge < -0.3 is 24.9 Å². The van der Waals surface area contributed by atoms with E-state index < -0.39 is 11.8 Å². The van der Waals surface area contributed by atoms with Crippen molar-refractivity contribution >= 4 is 6.16 Å². The van der Waals surface area contributed by atoms with Crippen LogP contribution in [0, 0.1) is 46.3 Å². The normalized spacial score (nSPS) is 38.9. The number of carbonyl (C=O) groups is 1. The third-order valence-corrected chi connectivity index (χ3v) is 13.4. The molecule has 250 valence electrons. The van der Waals surface area contributed by atoms with Crippen LogP contribution >= 0.6 is 0 Å². The molecule has 1 aromatic heterocycles. The molecule has 0 radical (unpaired) electrons. The fourth-order valence-electron chi connectivity index (χ4n) is 10.9. The van der Waals surface area contributed by atoms with E-state index in [2.05, 4.69) is 56.8 Å². The van der Waals surface area contributed by atoms with E-state index in [0.717, 1.165) is 74.4 Å². The second kappa shape index (κ2) is 14.0. The van der Waals surface area contributed by atoms with Crippen LogP contribution in [0.25, 0.3) is 0 Å². The SMILES string of the molecule is CCCCOC(=O)O[C@H]1CC[C@]2(C)[C@H]3CC[C@]4(C)[C@@H]([C@H](C)CCCC(C)C)CC[C@H]4[C@@H]3C[C@@H](NCCc3cnc[nH]3)[C@@]2(O)C1. The highest BCUT2D eigenvalue weighted by molar-refractivity contribution is 5.60. The monoisotopic (exact) mass is 613 g/mol. The van der Waals surface area contributed by atoms with Gasteiger partial charge in [0, 0.05) is 42.7 Å². The fourth-order valence-corrected chi connectivity index (χ4v) is 10.9. The van der Waals surface area contributed by atoms with Crippen molar-refractivity contribution in [3.05, 3.63) is 18.2 Å². The molecule has 44 heavy (non-hydrogen) atoms. The number of nitrogens with one attached hydrogen (secondary N) is 2. The van der Waals surface area contributed by atoms with E-state index in [9.17, 15) is 9.90 Å². The smallest absolute Gasteiger partial charge is 0.434 e. The molecular formula is C37H63N3O4.